The van der Waals surface area contributed by atoms with Crippen molar-refractivity contribution in [2.24, 2.45) is 0 Å². The van der Waals surface area contributed by atoms with Crippen LogP contribution in [0, 0.1) is 0 Å². The number of hydrogen-bond acceptors (Lipinski definition) is 6. The number of benzene rings is 1. The molecule has 0 saturated carbocycles. The number of para-hydroxylation sites is 1. The fourth-order valence-corrected chi connectivity index (χ4v) is 3.26. The molecule has 5 atom stereocenters. The number of aromatic amines is 1. The van der Waals surface area contributed by atoms with Crippen molar-refractivity contribution in [1.29, 1.82) is 0 Å². The molecule has 28 heavy (non-hydrogen) atoms. The highest BCUT2D eigenvalue weighted by Gasteiger charge is 2.38. The van der Waals surface area contributed by atoms with Gasteiger partial charge in [0.25, 0.3) is 0 Å². The van der Waals surface area contributed by atoms with E-state index in [0.717, 1.165) is 10.9 Å². The van der Waals surface area contributed by atoms with E-state index in [1.165, 1.54) is 0 Å². The Kier molecular flexibility index (Phi) is 6.33. The standard InChI is InChI=1S/C20H25NO7/c1-11(7-8-18(23)24)26-20-16(22)9-17(12(2)27-20)28-19(25)14-10-21-15-6-4-3-5-13(14)15/h3-6,10-12,16-17,20-22H,7-9H2,1-2H3,(H,23,24)/t11-,12+,16-,17-,20-/m1/s1. The maximum Gasteiger partial charge on any atom is 0.340 e. The summed E-state index contributed by atoms with van der Waals surface area (Å²) in [5, 5.41) is 19.8. The topological polar surface area (TPSA) is 118 Å². The minimum atomic E-state index is -0.982. The van der Waals surface area contributed by atoms with Gasteiger partial charge in [-0.3, -0.25) is 4.79 Å². The van der Waals surface area contributed by atoms with Crippen molar-refractivity contribution in [3.8, 4) is 0 Å². The van der Waals surface area contributed by atoms with Crippen molar-refractivity contribution in [3.05, 3.63) is 36.0 Å². The van der Waals surface area contributed by atoms with Crippen LogP contribution < -0.4 is 0 Å². The Morgan fingerprint density at radius 1 is 1.36 bits per heavy atom. The van der Waals surface area contributed by atoms with Gasteiger partial charge in [0.2, 0.25) is 0 Å². The molecule has 1 saturated heterocycles. The van der Waals surface area contributed by atoms with Gasteiger partial charge in [0.05, 0.1) is 17.8 Å². The van der Waals surface area contributed by atoms with Crippen LogP contribution in [0.25, 0.3) is 10.9 Å². The number of carboxylic acid groups (broad SMARTS) is 1. The summed E-state index contributed by atoms with van der Waals surface area (Å²) in [5.41, 5.74) is 1.27. The number of aliphatic carboxylic acids is 1. The summed E-state index contributed by atoms with van der Waals surface area (Å²) >= 11 is 0. The molecule has 3 rings (SSSR count). The monoisotopic (exact) mass is 391 g/mol. The average Bonchev–Trinajstić information content (AvgIpc) is 3.08. The summed E-state index contributed by atoms with van der Waals surface area (Å²) < 4.78 is 16.9. The zero-order valence-corrected chi connectivity index (χ0v) is 15.8. The van der Waals surface area contributed by atoms with Crippen molar-refractivity contribution >= 4 is 22.8 Å². The fourth-order valence-electron chi connectivity index (χ4n) is 3.26. The quantitative estimate of drug-likeness (QED) is 0.621. The van der Waals surface area contributed by atoms with E-state index in [2.05, 4.69) is 4.98 Å². The Labute approximate surface area is 162 Å². The SMILES string of the molecule is C[C@H](CCC(=O)O)O[C@@H]1O[C@@H](C)[C@H](OC(=O)c2c[nH]c3ccccc23)C[C@H]1O. The molecule has 1 fully saturated rings. The molecule has 0 radical (unpaired) electrons. The van der Waals surface area contributed by atoms with Gasteiger partial charge < -0.3 is 29.4 Å². The lowest BCUT2D eigenvalue weighted by Gasteiger charge is -2.38. The van der Waals surface area contributed by atoms with Gasteiger partial charge in [0.15, 0.2) is 6.29 Å². The number of fused-ring (bicyclic) bond motifs is 1. The number of H-pyrrole nitrogens is 1. The number of esters is 1. The molecule has 8 heteroatoms. The third kappa shape index (κ3) is 4.70. The van der Waals surface area contributed by atoms with E-state index < -0.39 is 36.5 Å². The van der Waals surface area contributed by atoms with Gasteiger partial charge in [0.1, 0.15) is 12.2 Å². The molecule has 1 aliphatic rings. The fraction of sp³-hybridized carbons (Fsp3) is 0.500. The van der Waals surface area contributed by atoms with Gasteiger partial charge in [-0.25, -0.2) is 4.79 Å². The predicted octanol–water partition coefficient (Wildman–Crippen LogP) is 2.46. The summed E-state index contributed by atoms with van der Waals surface area (Å²) in [6, 6.07) is 7.42. The molecule has 2 heterocycles. The Bertz CT molecular complexity index is 833. The molecule has 0 bridgehead atoms. The van der Waals surface area contributed by atoms with Crippen LogP contribution in [-0.2, 0) is 19.0 Å². The number of carbonyl (C=O) groups is 2. The van der Waals surface area contributed by atoms with Crippen LogP contribution in [0.5, 0.6) is 0 Å². The van der Waals surface area contributed by atoms with Gasteiger partial charge in [0, 0.05) is 29.9 Å². The third-order valence-electron chi connectivity index (χ3n) is 4.86. The van der Waals surface area contributed by atoms with Crippen LogP contribution in [0.2, 0.25) is 0 Å². The lowest BCUT2D eigenvalue weighted by molar-refractivity contribution is -0.273. The summed E-state index contributed by atoms with van der Waals surface area (Å²) in [4.78, 5) is 26.3. The first-order valence-corrected chi connectivity index (χ1v) is 9.33. The highest BCUT2D eigenvalue weighted by molar-refractivity contribution is 6.04. The van der Waals surface area contributed by atoms with Crippen molar-refractivity contribution in [1.82, 2.24) is 4.98 Å². The maximum absolute atomic E-state index is 12.6. The number of ether oxygens (including phenoxy) is 3. The molecule has 152 valence electrons. The van der Waals surface area contributed by atoms with Gasteiger partial charge in [-0.2, -0.15) is 0 Å². The van der Waals surface area contributed by atoms with E-state index in [9.17, 15) is 14.7 Å². The van der Waals surface area contributed by atoms with Crippen molar-refractivity contribution < 1.29 is 34.0 Å². The minimum absolute atomic E-state index is 0.0234. The van der Waals surface area contributed by atoms with E-state index in [1.54, 1.807) is 20.0 Å². The first kappa shape index (κ1) is 20.3. The minimum Gasteiger partial charge on any atom is -0.481 e. The van der Waals surface area contributed by atoms with Crippen LogP contribution in [0.4, 0.5) is 0 Å². The number of aliphatic hydroxyl groups excluding tert-OH is 1. The first-order valence-electron chi connectivity index (χ1n) is 9.33. The van der Waals surface area contributed by atoms with Crippen LogP contribution in [0.3, 0.4) is 0 Å². The van der Waals surface area contributed by atoms with E-state index >= 15 is 0 Å². The van der Waals surface area contributed by atoms with Crippen molar-refractivity contribution in [2.45, 2.75) is 63.8 Å². The molecule has 3 N–H and O–H groups in total. The Morgan fingerprint density at radius 2 is 2.11 bits per heavy atom. The summed E-state index contributed by atoms with van der Waals surface area (Å²) in [6.07, 6.45) is -1.28. The van der Waals surface area contributed by atoms with E-state index in [1.807, 2.05) is 24.3 Å². The molecule has 0 spiro atoms. The molecule has 0 aliphatic carbocycles. The first-order chi connectivity index (χ1) is 13.3. The van der Waals surface area contributed by atoms with Crippen LogP contribution in [0.15, 0.2) is 30.5 Å². The Balaban J connectivity index is 1.58. The van der Waals surface area contributed by atoms with Gasteiger partial charge in [-0.1, -0.05) is 18.2 Å². The molecule has 1 aromatic carbocycles. The second-order valence-electron chi connectivity index (χ2n) is 7.08. The number of aliphatic hydroxyl groups is 1. The maximum atomic E-state index is 12.6. The van der Waals surface area contributed by atoms with Crippen molar-refractivity contribution in [3.63, 3.8) is 0 Å². The van der Waals surface area contributed by atoms with Gasteiger partial charge in [-0.15, -0.1) is 0 Å². The number of rotatable bonds is 7. The van der Waals surface area contributed by atoms with E-state index in [4.69, 9.17) is 19.3 Å². The molecule has 0 amide bonds. The van der Waals surface area contributed by atoms with E-state index in [0.29, 0.717) is 12.0 Å². The molecule has 1 aromatic heterocycles. The smallest absolute Gasteiger partial charge is 0.340 e. The molecule has 2 aromatic rings. The van der Waals surface area contributed by atoms with Crippen LogP contribution in [-0.4, -0.2) is 57.8 Å². The average molecular weight is 391 g/mol. The zero-order valence-electron chi connectivity index (χ0n) is 15.8. The largest absolute Gasteiger partial charge is 0.481 e. The lowest BCUT2D eigenvalue weighted by Crippen LogP contribution is -2.49. The zero-order chi connectivity index (χ0) is 20.3. The van der Waals surface area contributed by atoms with Crippen LogP contribution in [0.1, 0.15) is 43.5 Å². The number of carbonyl (C=O) groups excluding carboxylic acids is 1. The predicted molar refractivity (Wildman–Crippen MR) is 99.9 cm³/mol. The van der Waals surface area contributed by atoms with Gasteiger partial charge >= 0.3 is 11.9 Å². The second-order valence-corrected chi connectivity index (χ2v) is 7.08. The van der Waals surface area contributed by atoms with Crippen LogP contribution >= 0.6 is 0 Å². The number of aromatic nitrogens is 1. The van der Waals surface area contributed by atoms with Gasteiger partial charge in [-0.05, 0) is 26.3 Å². The molecular weight excluding hydrogens is 366 g/mol. The number of nitrogens with one attached hydrogen (secondary N) is 1. The molecule has 1 aliphatic heterocycles. The summed E-state index contributed by atoms with van der Waals surface area (Å²) in [6.45, 7) is 3.48. The molecule has 8 nitrogen and oxygen atoms in total. The normalized spacial score (nSPS) is 26.1. The number of carboxylic acids is 1. The summed E-state index contributed by atoms with van der Waals surface area (Å²) in [5.74, 6) is -1.39. The van der Waals surface area contributed by atoms with E-state index in [-0.39, 0.29) is 18.9 Å². The summed E-state index contributed by atoms with van der Waals surface area (Å²) in [7, 11) is 0. The lowest BCUT2D eigenvalue weighted by atomic mass is 10.0. The Hall–Kier alpha value is -2.42. The molecular formula is C20H25NO7. The second kappa shape index (κ2) is 8.72. The number of hydrogen-bond donors (Lipinski definition) is 3. The highest BCUT2D eigenvalue weighted by Crippen LogP contribution is 2.27. The third-order valence-corrected chi connectivity index (χ3v) is 4.86. The highest BCUT2D eigenvalue weighted by atomic mass is 16.7. The van der Waals surface area contributed by atoms with Crippen molar-refractivity contribution in [2.75, 3.05) is 0 Å². The Morgan fingerprint density at radius 3 is 2.86 bits per heavy atom. The molecule has 0 unspecified atom stereocenters.